The molecule has 0 aliphatic rings. The highest BCUT2D eigenvalue weighted by atomic mass is 16.5. The minimum absolute atomic E-state index is 0.185. The molecule has 2 rings (SSSR count). The van der Waals surface area contributed by atoms with Crippen molar-refractivity contribution >= 4 is 17.2 Å². The van der Waals surface area contributed by atoms with Crippen molar-refractivity contribution in [3.05, 3.63) is 29.7 Å². The lowest BCUT2D eigenvalue weighted by molar-refractivity contribution is 0.111. The summed E-state index contributed by atoms with van der Waals surface area (Å²) in [6.07, 6.45) is 0.638. The van der Waals surface area contributed by atoms with Crippen molar-refractivity contribution in [1.29, 1.82) is 0 Å². The minimum Gasteiger partial charge on any atom is -0.494 e. The molecular weight excluding hydrogens is 192 g/mol. The van der Waals surface area contributed by atoms with Crippen molar-refractivity contribution in [2.24, 2.45) is 0 Å². The zero-order valence-corrected chi connectivity index (χ0v) is 8.52. The van der Waals surface area contributed by atoms with Crippen molar-refractivity contribution in [3.63, 3.8) is 0 Å². The molecule has 0 aliphatic heterocycles. The van der Waals surface area contributed by atoms with Gasteiger partial charge in [0.1, 0.15) is 11.3 Å². The van der Waals surface area contributed by atoms with Crippen LogP contribution in [-0.4, -0.2) is 23.4 Å². The summed E-state index contributed by atoms with van der Waals surface area (Å²) in [6, 6.07) is 5.59. The van der Waals surface area contributed by atoms with Gasteiger partial charge >= 0.3 is 0 Å². The van der Waals surface area contributed by atoms with Crippen LogP contribution in [-0.2, 0) is 0 Å². The van der Waals surface area contributed by atoms with Crippen LogP contribution >= 0.6 is 0 Å². The highest BCUT2D eigenvalue weighted by molar-refractivity contribution is 5.88. The summed E-state index contributed by atoms with van der Waals surface area (Å²) in [6.45, 7) is 1.84. The van der Waals surface area contributed by atoms with Gasteiger partial charge in [-0.3, -0.25) is 4.79 Å². The van der Waals surface area contributed by atoms with Gasteiger partial charge in [-0.2, -0.15) is 0 Å². The standard InChI is InChI=1S/C11H10N2O2/c1-7-8-4-3-5-9(15-2)11(8)13-10(6-14)12-7/h3-6H,1-2H3. The zero-order chi connectivity index (χ0) is 10.8. The fraction of sp³-hybridized carbons (Fsp3) is 0.182. The van der Waals surface area contributed by atoms with Crippen molar-refractivity contribution in [2.75, 3.05) is 7.11 Å². The molecule has 15 heavy (non-hydrogen) atoms. The largest absolute Gasteiger partial charge is 0.494 e. The van der Waals surface area contributed by atoms with Crippen LogP contribution in [0.2, 0.25) is 0 Å². The van der Waals surface area contributed by atoms with Gasteiger partial charge in [-0.15, -0.1) is 0 Å². The van der Waals surface area contributed by atoms with Crippen LogP contribution in [0.4, 0.5) is 0 Å². The first-order valence-corrected chi connectivity index (χ1v) is 4.53. The molecule has 0 saturated heterocycles. The lowest BCUT2D eigenvalue weighted by Gasteiger charge is -2.06. The first kappa shape index (κ1) is 9.58. The van der Waals surface area contributed by atoms with Crippen LogP contribution in [0.3, 0.4) is 0 Å². The molecule has 0 aliphatic carbocycles. The van der Waals surface area contributed by atoms with Crippen molar-refractivity contribution < 1.29 is 9.53 Å². The van der Waals surface area contributed by atoms with Crippen molar-refractivity contribution in [1.82, 2.24) is 9.97 Å². The normalized spacial score (nSPS) is 10.3. The molecule has 0 amide bonds. The van der Waals surface area contributed by atoms with Crippen LogP contribution < -0.4 is 4.74 Å². The summed E-state index contributed by atoms with van der Waals surface area (Å²) in [7, 11) is 1.58. The smallest absolute Gasteiger partial charge is 0.193 e. The van der Waals surface area contributed by atoms with E-state index in [0.717, 1.165) is 11.1 Å². The Morgan fingerprint density at radius 3 is 2.80 bits per heavy atom. The first-order valence-electron chi connectivity index (χ1n) is 4.53. The highest BCUT2D eigenvalue weighted by Gasteiger charge is 2.07. The van der Waals surface area contributed by atoms with Crippen LogP contribution in [0, 0.1) is 6.92 Å². The Bertz CT molecular complexity index is 523. The van der Waals surface area contributed by atoms with Gasteiger partial charge in [0.2, 0.25) is 0 Å². The van der Waals surface area contributed by atoms with Gasteiger partial charge in [-0.25, -0.2) is 9.97 Å². The van der Waals surface area contributed by atoms with Gasteiger partial charge in [0.05, 0.1) is 7.11 Å². The van der Waals surface area contributed by atoms with Gasteiger partial charge in [0.15, 0.2) is 12.1 Å². The number of aldehydes is 1. The Kier molecular flexibility index (Phi) is 2.33. The Morgan fingerprint density at radius 2 is 2.13 bits per heavy atom. The predicted molar refractivity (Wildman–Crippen MR) is 56.2 cm³/mol. The SMILES string of the molecule is COc1cccc2c(C)nc(C=O)nc12. The van der Waals surface area contributed by atoms with E-state index in [1.54, 1.807) is 7.11 Å². The zero-order valence-electron chi connectivity index (χ0n) is 8.52. The van der Waals surface area contributed by atoms with Gasteiger partial charge in [0, 0.05) is 11.1 Å². The van der Waals surface area contributed by atoms with Gasteiger partial charge in [-0.1, -0.05) is 12.1 Å². The molecule has 4 heteroatoms. The molecule has 1 aromatic carbocycles. The van der Waals surface area contributed by atoms with Crippen molar-refractivity contribution in [3.8, 4) is 5.75 Å². The monoisotopic (exact) mass is 202 g/mol. The predicted octanol–water partition coefficient (Wildman–Crippen LogP) is 1.76. The second kappa shape index (κ2) is 3.65. The molecule has 0 bridgehead atoms. The number of aromatic nitrogens is 2. The number of para-hydroxylation sites is 1. The summed E-state index contributed by atoms with van der Waals surface area (Å²) in [5, 5.41) is 0.903. The van der Waals surface area contributed by atoms with Crippen molar-refractivity contribution in [2.45, 2.75) is 6.92 Å². The molecule has 1 aromatic heterocycles. The number of ether oxygens (including phenoxy) is 1. The number of aryl methyl sites for hydroxylation is 1. The second-order valence-corrected chi connectivity index (χ2v) is 3.14. The molecule has 0 fully saturated rings. The molecule has 0 radical (unpaired) electrons. The van der Waals surface area contributed by atoms with Crippen LogP contribution in [0.1, 0.15) is 16.3 Å². The topological polar surface area (TPSA) is 52.1 Å². The van der Waals surface area contributed by atoms with E-state index in [-0.39, 0.29) is 5.82 Å². The highest BCUT2D eigenvalue weighted by Crippen LogP contribution is 2.24. The van der Waals surface area contributed by atoms with E-state index in [4.69, 9.17) is 4.74 Å². The van der Waals surface area contributed by atoms with E-state index in [1.807, 2.05) is 25.1 Å². The number of carbonyl (C=O) groups excluding carboxylic acids is 1. The van der Waals surface area contributed by atoms with Crippen LogP contribution in [0.5, 0.6) is 5.75 Å². The maximum absolute atomic E-state index is 10.6. The number of hydrogen-bond acceptors (Lipinski definition) is 4. The Labute approximate surface area is 86.9 Å². The average Bonchev–Trinajstić information content (AvgIpc) is 2.28. The van der Waals surface area contributed by atoms with E-state index in [2.05, 4.69) is 9.97 Å². The molecular formula is C11H10N2O2. The Balaban J connectivity index is 2.85. The average molecular weight is 202 g/mol. The fourth-order valence-electron chi connectivity index (χ4n) is 1.52. The number of methoxy groups -OCH3 is 1. The van der Waals surface area contributed by atoms with Gasteiger partial charge in [0.25, 0.3) is 0 Å². The first-order chi connectivity index (χ1) is 7.26. The number of carbonyl (C=O) groups is 1. The number of nitrogens with zero attached hydrogens (tertiary/aromatic N) is 2. The molecule has 0 saturated carbocycles. The molecule has 0 N–H and O–H groups in total. The maximum atomic E-state index is 10.6. The number of rotatable bonds is 2. The summed E-state index contributed by atoms with van der Waals surface area (Å²) in [4.78, 5) is 18.8. The van der Waals surface area contributed by atoms with Crippen LogP contribution in [0.25, 0.3) is 10.9 Å². The number of fused-ring (bicyclic) bond motifs is 1. The van der Waals surface area contributed by atoms with E-state index in [1.165, 1.54) is 0 Å². The summed E-state index contributed by atoms with van der Waals surface area (Å²) in [5.74, 6) is 0.839. The second-order valence-electron chi connectivity index (χ2n) is 3.14. The van der Waals surface area contributed by atoms with Gasteiger partial charge in [-0.05, 0) is 13.0 Å². The van der Waals surface area contributed by atoms with E-state index < -0.39 is 0 Å². The molecule has 0 atom stereocenters. The number of benzene rings is 1. The third-order valence-corrected chi connectivity index (χ3v) is 2.22. The van der Waals surface area contributed by atoms with E-state index in [0.29, 0.717) is 17.6 Å². The minimum atomic E-state index is 0.185. The molecule has 2 aromatic rings. The number of hydrogen-bond donors (Lipinski definition) is 0. The lowest BCUT2D eigenvalue weighted by atomic mass is 10.2. The third kappa shape index (κ3) is 1.54. The lowest BCUT2D eigenvalue weighted by Crippen LogP contribution is -1.98. The molecule has 76 valence electrons. The summed E-state index contributed by atoms with van der Waals surface area (Å²) in [5.41, 5.74) is 1.45. The molecule has 4 nitrogen and oxygen atoms in total. The Morgan fingerprint density at radius 1 is 1.33 bits per heavy atom. The third-order valence-electron chi connectivity index (χ3n) is 2.22. The van der Waals surface area contributed by atoms with E-state index >= 15 is 0 Å². The summed E-state index contributed by atoms with van der Waals surface area (Å²) >= 11 is 0. The quantitative estimate of drug-likeness (QED) is 0.696. The summed E-state index contributed by atoms with van der Waals surface area (Å²) < 4.78 is 5.18. The van der Waals surface area contributed by atoms with E-state index in [9.17, 15) is 4.79 Å². The molecule has 0 unspecified atom stereocenters. The maximum Gasteiger partial charge on any atom is 0.193 e. The fourth-order valence-corrected chi connectivity index (χ4v) is 1.52. The molecule has 1 heterocycles. The molecule has 0 spiro atoms. The van der Waals surface area contributed by atoms with Crippen LogP contribution in [0.15, 0.2) is 18.2 Å². The Hall–Kier alpha value is -1.97. The van der Waals surface area contributed by atoms with Gasteiger partial charge < -0.3 is 4.74 Å².